The number of ether oxygens (including phenoxy) is 1. The third kappa shape index (κ3) is 3.61. The van der Waals surface area contributed by atoms with Crippen LogP contribution in [0.15, 0.2) is 48.5 Å². The van der Waals surface area contributed by atoms with Crippen molar-refractivity contribution >= 4 is 5.69 Å². The van der Waals surface area contributed by atoms with Gasteiger partial charge in [0.2, 0.25) is 0 Å². The van der Waals surface area contributed by atoms with E-state index in [1.165, 1.54) is 11.1 Å². The number of rotatable bonds is 4. The van der Waals surface area contributed by atoms with Gasteiger partial charge in [0, 0.05) is 5.69 Å². The number of aryl methyl sites for hydroxylation is 1. The Morgan fingerprint density at radius 1 is 0.941 bits per heavy atom. The molecule has 88 valence electrons. The van der Waals surface area contributed by atoms with Gasteiger partial charge in [0.05, 0.1) is 13.2 Å². The monoisotopic (exact) mass is 227 g/mol. The Kier molecular flexibility index (Phi) is 3.78. The van der Waals surface area contributed by atoms with Crippen LogP contribution in [0.25, 0.3) is 0 Å². The lowest BCUT2D eigenvalue weighted by Crippen LogP contribution is -1.95. The van der Waals surface area contributed by atoms with Crippen LogP contribution >= 0.6 is 0 Å². The Bertz CT molecular complexity index is 477. The van der Waals surface area contributed by atoms with E-state index in [0.717, 1.165) is 11.3 Å². The van der Waals surface area contributed by atoms with Crippen molar-refractivity contribution < 1.29 is 4.74 Å². The van der Waals surface area contributed by atoms with Crippen LogP contribution in [0.3, 0.4) is 0 Å². The molecule has 2 nitrogen and oxygen atoms in total. The van der Waals surface area contributed by atoms with E-state index in [1.807, 2.05) is 24.3 Å². The first-order chi connectivity index (χ1) is 8.24. The summed E-state index contributed by atoms with van der Waals surface area (Å²) in [5, 5.41) is 0. The largest absolute Gasteiger partial charge is 0.399 e. The van der Waals surface area contributed by atoms with Gasteiger partial charge in [0.15, 0.2) is 0 Å². The fraction of sp³-hybridized carbons (Fsp3) is 0.200. The summed E-state index contributed by atoms with van der Waals surface area (Å²) < 4.78 is 5.65. The van der Waals surface area contributed by atoms with Crippen molar-refractivity contribution in [2.24, 2.45) is 0 Å². The molecule has 0 aliphatic carbocycles. The van der Waals surface area contributed by atoms with Gasteiger partial charge in [-0.2, -0.15) is 0 Å². The lowest BCUT2D eigenvalue weighted by atomic mass is 10.2. The molecule has 0 saturated heterocycles. The van der Waals surface area contributed by atoms with Gasteiger partial charge in [0.25, 0.3) is 0 Å². The van der Waals surface area contributed by atoms with E-state index in [1.54, 1.807) is 0 Å². The minimum atomic E-state index is 0.596. The summed E-state index contributed by atoms with van der Waals surface area (Å²) in [6, 6.07) is 16.2. The van der Waals surface area contributed by atoms with E-state index in [-0.39, 0.29) is 0 Å². The fourth-order valence-electron chi connectivity index (χ4n) is 1.65. The van der Waals surface area contributed by atoms with E-state index >= 15 is 0 Å². The number of nitrogen functional groups attached to an aromatic ring is 1. The van der Waals surface area contributed by atoms with E-state index in [2.05, 4.69) is 31.2 Å². The molecular formula is C15H17NO. The highest BCUT2D eigenvalue weighted by Crippen LogP contribution is 2.10. The number of nitrogens with two attached hydrogens (primary N) is 1. The van der Waals surface area contributed by atoms with Gasteiger partial charge >= 0.3 is 0 Å². The van der Waals surface area contributed by atoms with Crippen LogP contribution in [0.4, 0.5) is 5.69 Å². The van der Waals surface area contributed by atoms with Crippen LogP contribution < -0.4 is 5.73 Å². The van der Waals surface area contributed by atoms with Crippen LogP contribution in [0.2, 0.25) is 0 Å². The molecule has 0 fully saturated rings. The third-order valence-corrected chi connectivity index (χ3v) is 2.61. The summed E-state index contributed by atoms with van der Waals surface area (Å²) in [5.41, 5.74) is 10.1. The van der Waals surface area contributed by atoms with Crippen molar-refractivity contribution in [2.45, 2.75) is 20.1 Å². The standard InChI is InChI=1S/C15H17NO/c1-12-5-7-13(8-6-12)10-17-11-14-3-2-4-15(16)9-14/h2-9H,10-11,16H2,1H3. The molecule has 2 heteroatoms. The topological polar surface area (TPSA) is 35.2 Å². The van der Waals surface area contributed by atoms with Crippen LogP contribution in [0.1, 0.15) is 16.7 Å². The zero-order valence-corrected chi connectivity index (χ0v) is 10.0. The second-order valence-electron chi connectivity index (χ2n) is 4.22. The molecule has 2 rings (SSSR count). The number of hydrogen-bond donors (Lipinski definition) is 1. The minimum absolute atomic E-state index is 0.596. The molecule has 0 amide bonds. The van der Waals surface area contributed by atoms with Crippen LogP contribution in [-0.2, 0) is 18.0 Å². The number of benzene rings is 2. The van der Waals surface area contributed by atoms with Crippen molar-refractivity contribution in [1.29, 1.82) is 0 Å². The average Bonchev–Trinajstić information content (AvgIpc) is 2.32. The van der Waals surface area contributed by atoms with Crippen molar-refractivity contribution in [3.63, 3.8) is 0 Å². The number of anilines is 1. The van der Waals surface area contributed by atoms with Gasteiger partial charge in [-0.3, -0.25) is 0 Å². The zero-order chi connectivity index (χ0) is 12.1. The van der Waals surface area contributed by atoms with E-state index < -0.39 is 0 Å². The Morgan fingerprint density at radius 3 is 2.35 bits per heavy atom. The highest BCUT2D eigenvalue weighted by molar-refractivity contribution is 5.40. The number of hydrogen-bond acceptors (Lipinski definition) is 2. The van der Waals surface area contributed by atoms with E-state index in [4.69, 9.17) is 10.5 Å². The molecule has 0 aromatic heterocycles. The summed E-state index contributed by atoms with van der Waals surface area (Å²) in [6.45, 7) is 3.31. The molecular weight excluding hydrogens is 210 g/mol. The van der Waals surface area contributed by atoms with Crippen LogP contribution in [0.5, 0.6) is 0 Å². The molecule has 0 saturated carbocycles. The Morgan fingerprint density at radius 2 is 1.65 bits per heavy atom. The molecule has 0 aliphatic heterocycles. The van der Waals surface area contributed by atoms with Gasteiger partial charge in [-0.1, -0.05) is 42.0 Å². The fourth-order valence-corrected chi connectivity index (χ4v) is 1.65. The molecule has 0 aliphatic rings. The summed E-state index contributed by atoms with van der Waals surface area (Å²) >= 11 is 0. The first kappa shape index (κ1) is 11.7. The summed E-state index contributed by atoms with van der Waals surface area (Å²) in [6.07, 6.45) is 0. The van der Waals surface area contributed by atoms with Crippen molar-refractivity contribution in [1.82, 2.24) is 0 Å². The SMILES string of the molecule is Cc1ccc(COCc2cccc(N)c2)cc1. The molecule has 2 N–H and O–H groups in total. The summed E-state index contributed by atoms with van der Waals surface area (Å²) in [4.78, 5) is 0. The molecule has 0 atom stereocenters. The van der Waals surface area contributed by atoms with Crippen LogP contribution in [-0.4, -0.2) is 0 Å². The minimum Gasteiger partial charge on any atom is -0.399 e. The molecule has 0 unspecified atom stereocenters. The van der Waals surface area contributed by atoms with Crippen molar-refractivity contribution in [2.75, 3.05) is 5.73 Å². The second-order valence-corrected chi connectivity index (χ2v) is 4.22. The van der Waals surface area contributed by atoms with Gasteiger partial charge in [0.1, 0.15) is 0 Å². The van der Waals surface area contributed by atoms with Crippen molar-refractivity contribution in [3.8, 4) is 0 Å². The molecule has 17 heavy (non-hydrogen) atoms. The normalized spacial score (nSPS) is 10.4. The van der Waals surface area contributed by atoms with Crippen molar-refractivity contribution in [3.05, 3.63) is 65.2 Å². The molecule has 0 bridgehead atoms. The molecule has 0 heterocycles. The predicted octanol–water partition coefficient (Wildman–Crippen LogP) is 3.29. The maximum atomic E-state index is 5.70. The second kappa shape index (κ2) is 5.51. The smallest absolute Gasteiger partial charge is 0.0722 e. The Labute approximate surface area is 102 Å². The lowest BCUT2D eigenvalue weighted by Gasteiger charge is -2.05. The first-order valence-electron chi connectivity index (χ1n) is 5.72. The van der Waals surface area contributed by atoms with Gasteiger partial charge < -0.3 is 10.5 Å². The molecule has 0 radical (unpaired) electrons. The average molecular weight is 227 g/mol. The molecule has 2 aromatic carbocycles. The Hall–Kier alpha value is -1.80. The summed E-state index contributed by atoms with van der Waals surface area (Å²) in [5.74, 6) is 0. The lowest BCUT2D eigenvalue weighted by molar-refractivity contribution is 0.107. The highest BCUT2D eigenvalue weighted by atomic mass is 16.5. The molecule has 0 spiro atoms. The summed E-state index contributed by atoms with van der Waals surface area (Å²) in [7, 11) is 0. The quantitative estimate of drug-likeness (QED) is 0.813. The van der Waals surface area contributed by atoms with E-state index in [9.17, 15) is 0 Å². The third-order valence-electron chi connectivity index (χ3n) is 2.61. The maximum Gasteiger partial charge on any atom is 0.0722 e. The molecule has 2 aromatic rings. The zero-order valence-electron chi connectivity index (χ0n) is 10.0. The van der Waals surface area contributed by atoms with Gasteiger partial charge in [-0.05, 0) is 30.2 Å². The Balaban J connectivity index is 1.85. The van der Waals surface area contributed by atoms with Crippen LogP contribution in [0, 0.1) is 6.92 Å². The highest BCUT2D eigenvalue weighted by Gasteiger charge is 1.96. The predicted molar refractivity (Wildman–Crippen MR) is 70.5 cm³/mol. The maximum absolute atomic E-state index is 5.70. The van der Waals surface area contributed by atoms with Gasteiger partial charge in [-0.15, -0.1) is 0 Å². The van der Waals surface area contributed by atoms with Gasteiger partial charge in [-0.25, -0.2) is 0 Å². The first-order valence-corrected chi connectivity index (χ1v) is 5.72. The van der Waals surface area contributed by atoms with E-state index in [0.29, 0.717) is 13.2 Å².